The number of pyridine rings is 1. The van der Waals surface area contributed by atoms with Gasteiger partial charge in [-0.2, -0.15) is 9.61 Å². The van der Waals surface area contributed by atoms with Gasteiger partial charge in [-0.3, -0.25) is 9.59 Å². The first-order valence-corrected chi connectivity index (χ1v) is 10.6. The molecule has 0 spiro atoms. The van der Waals surface area contributed by atoms with Gasteiger partial charge in [0.25, 0.3) is 11.5 Å². The number of aliphatic hydroxyl groups excluding tert-OH is 1. The van der Waals surface area contributed by atoms with E-state index >= 15 is 0 Å². The van der Waals surface area contributed by atoms with Gasteiger partial charge in [-0.25, -0.2) is 9.37 Å². The molecule has 0 aliphatic heterocycles. The lowest BCUT2D eigenvalue weighted by molar-refractivity contribution is 0.0448. The van der Waals surface area contributed by atoms with E-state index in [1.165, 1.54) is 15.3 Å². The maximum Gasteiger partial charge on any atom is 0.274 e. The minimum atomic E-state index is -0.863. The number of hydrogen-bond donors (Lipinski definition) is 4. The van der Waals surface area contributed by atoms with E-state index in [2.05, 4.69) is 26.0 Å². The van der Waals surface area contributed by atoms with E-state index < -0.39 is 12.3 Å². The van der Waals surface area contributed by atoms with Crippen LogP contribution in [0, 0.1) is 0 Å². The number of carbonyl (C=O) groups is 1. The van der Waals surface area contributed by atoms with E-state index in [-0.39, 0.29) is 29.1 Å². The third-order valence-corrected chi connectivity index (χ3v) is 6.21. The molecule has 2 atom stereocenters. The molecule has 1 amide bonds. The van der Waals surface area contributed by atoms with Gasteiger partial charge >= 0.3 is 0 Å². The van der Waals surface area contributed by atoms with Crippen LogP contribution in [0.5, 0.6) is 0 Å². The Bertz CT molecular complexity index is 1230. The zero-order valence-corrected chi connectivity index (χ0v) is 17.5. The summed E-state index contributed by atoms with van der Waals surface area (Å²) < 4.78 is 16.3. The lowest BCUT2D eigenvalue weighted by Crippen LogP contribution is -2.50. The summed E-state index contributed by atoms with van der Waals surface area (Å²) in [5.41, 5.74) is 0.610. The van der Waals surface area contributed by atoms with Gasteiger partial charge in [-0.1, -0.05) is 0 Å². The molecule has 10 nitrogen and oxygen atoms in total. The smallest absolute Gasteiger partial charge is 0.274 e. The fraction of sp³-hybridized carbons (Fsp3) is 0.429. The van der Waals surface area contributed by atoms with Crippen LogP contribution < -0.4 is 21.5 Å². The minimum Gasteiger partial charge on any atom is -0.391 e. The number of rotatable bonds is 6. The van der Waals surface area contributed by atoms with Gasteiger partial charge in [0.15, 0.2) is 5.65 Å². The molecule has 0 bridgehead atoms. The Balaban J connectivity index is 1.46. The summed E-state index contributed by atoms with van der Waals surface area (Å²) >= 11 is 0. The first kappa shape index (κ1) is 20.4. The van der Waals surface area contributed by atoms with E-state index in [0.717, 1.165) is 6.42 Å². The van der Waals surface area contributed by atoms with Crippen molar-refractivity contribution in [1.29, 1.82) is 0 Å². The van der Waals surface area contributed by atoms with Crippen molar-refractivity contribution in [2.75, 3.05) is 17.7 Å². The van der Waals surface area contributed by atoms with Gasteiger partial charge < -0.3 is 25.6 Å². The molecule has 0 aromatic carbocycles. The number of alkyl halides is 1. The van der Waals surface area contributed by atoms with Crippen molar-refractivity contribution in [2.24, 2.45) is 0 Å². The van der Waals surface area contributed by atoms with Crippen LogP contribution in [0.3, 0.4) is 0 Å². The molecule has 0 unspecified atom stereocenters. The molecule has 0 saturated heterocycles. The molecule has 2 fully saturated rings. The highest BCUT2D eigenvalue weighted by Crippen LogP contribution is 2.33. The molecule has 11 heteroatoms. The number of amides is 1. The molecule has 2 aliphatic carbocycles. The van der Waals surface area contributed by atoms with Gasteiger partial charge in [0.2, 0.25) is 0 Å². The van der Waals surface area contributed by atoms with Crippen molar-refractivity contribution in [3.63, 3.8) is 0 Å². The topological polar surface area (TPSA) is 126 Å². The maximum absolute atomic E-state index is 13.3. The molecule has 168 valence electrons. The number of fused-ring (bicyclic) bond motifs is 1. The number of halogens is 1. The predicted molar refractivity (Wildman–Crippen MR) is 116 cm³/mol. The monoisotopic (exact) mass is 441 g/mol. The van der Waals surface area contributed by atoms with Crippen LogP contribution in [-0.2, 0) is 0 Å². The summed E-state index contributed by atoms with van der Waals surface area (Å²) in [7, 11) is 1.71. The van der Waals surface area contributed by atoms with Crippen molar-refractivity contribution < 1.29 is 14.3 Å². The summed E-state index contributed by atoms with van der Waals surface area (Å²) in [4.78, 5) is 30.1. The molecular formula is C21H24FN7O3. The van der Waals surface area contributed by atoms with Crippen LogP contribution in [0.25, 0.3) is 5.65 Å². The summed E-state index contributed by atoms with van der Waals surface area (Å²) in [5, 5.41) is 22.9. The summed E-state index contributed by atoms with van der Waals surface area (Å²) in [5.74, 6) is 0.547. The minimum absolute atomic E-state index is 0.144. The normalized spacial score (nSPS) is 24.5. The maximum atomic E-state index is 13.3. The highest BCUT2D eigenvalue weighted by atomic mass is 19.1. The number of hydrogen-bond acceptors (Lipinski definition) is 7. The van der Waals surface area contributed by atoms with Crippen molar-refractivity contribution in [3.05, 3.63) is 46.5 Å². The Morgan fingerprint density at radius 1 is 1.31 bits per heavy atom. The molecule has 32 heavy (non-hydrogen) atoms. The molecule has 2 aliphatic rings. The van der Waals surface area contributed by atoms with E-state index in [9.17, 15) is 19.1 Å². The van der Waals surface area contributed by atoms with Gasteiger partial charge in [0.05, 0.1) is 18.3 Å². The average Bonchev–Trinajstić information content (AvgIpc) is 3.19. The number of carbonyl (C=O) groups excluding carboxylic acids is 1. The number of anilines is 3. The fourth-order valence-corrected chi connectivity index (χ4v) is 4.04. The lowest BCUT2D eigenvalue weighted by Gasteiger charge is -2.32. The Kier molecular flexibility index (Phi) is 5.04. The summed E-state index contributed by atoms with van der Waals surface area (Å²) in [6, 6.07) is 4.62. The van der Waals surface area contributed by atoms with Crippen LogP contribution in [0.4, 0.5) is 21.7 Å². The highest BCUT2D eigenvalue weighted by molar-refractivity contribution is 6.00. The van der Waals surface area contributed by atoms with Crippen LogP contribution in [-0.4, -0.2) is 55.5 Å². The summed E-state index contributed by atoms with van der Waals surface area (Å²) in [6.45, 7) is 0. The van der Waals surface area contributed by atoms with Crippen molar-refractivity contribution in [3.8, 4) is 0 Å². The predicted octanol–water partition coefficient (Wildman–Crippen LogP) is 1.60. The van der Waals surface area contributed by atoms with Crippen LogP contribution in [0.1, 0.15) is 42.1 Å². The fourth-order valence-electron chi connectivity index (χ4n) is 4.04. The second kappa shape index (κ2) is 7.90. The Morgan fingerprint density at radius 2 is 2.12 bits per heavy atom. The van der Waals surface area contributed by atoms with E-state index in [4.69, 9.17) is 0 Å². The van der Waals surface area contributed by atoms with Gasteiger partial charge in [-0.05, 0) is 37.8 Å². The number of nitrogens with zero attached hydrogens (tertiary/aromatic N) is 4. The lowest BCUT2D eigenvalue weighted by atomic mass is 9.89. The molecule has 2 saturated carbocycles. The van der Waals surface area contributed by atoms with E-state index in [0.29, 0.717) is 42.2 Å². The van der Waals surface area contributed by atoms with Crippen molar-refractivity contribution >= 4 is 28.9 Å². The quantitative estimate of drug-likeness (QED) is 0.458. The molecular weight excluding hydrogens is 417 g/mol. The first-order chi connectivity index (χ1) is 15.4. The standard InChI is InChI=1S/C21H24FN7O3/c1-23-18-9-17(25-15-3-2-6-28(21(15)32)12-7-11(22)8-12)27-19-13(10-24-29(18)19)20(31)26-14-4-5-16(14)30/h2-3,6,9-12,14,16,23,30H,4-5,7-8H2,1H3,(H,25,27)(H,26,31)/t11?,12?,14-,16+/m1/s1. The van der Waals surface area contributed by atoms with E-state index in [1.807, 2.05) is 0 Å². The van der Waals surface area contributed by atoms with Crippen molar-refractivity contribution in [2.45, 2.75) is 50.0 Å². The summed E-state index contributed by atoms with van der Waals surface area (Å²) in [6.07, 6.45) is 3.74. The number of nitrogens with one attached hydrogen (secondary N) is 3. The molecule has 0 radical (unpaired) electrons. The van der Waals surface area contributed by atoms with Crippen LogP contribution >= 0.6 is 0 Å². The molecule has 5 rings (SSSR count). The molecule has 4 N–H and O–H groups in total. The Morgan fingerprint density at radius 3 is 2.78 bits per heavy atom. The largest absolute Gasteiger partial charge is 0.391 e. The Hall–Kier alpha value is -3.47. The third kappa shape index (κ3) is 3.48. The zero-order chi connectivity index (χ0) is 22.4. The third-order valence-electron chi connectivity index (χ3n) is 6.21. The molecule has 3 aromatic rings. The van der Waals surface area contributed by atoms with Gasteiger partial charge in [0.1, 0.15) is 29.1 Å². The second-order valence-electron chi connectivity index (χ2n) is 8.28. The van der Waals surface area contributed by atoms with Gasteiger partial charge in [0, 0.05) is 25.4 Å². The molecule has 3 heterocycles. The number of aromatic nitrogens is 4. The van der Waals surface area contributed by atoms with Gasteiger partial charge in [-0.15, -0.1) is 0 Å². The Labute approximate surface area is 182 Å². The number of aliphatic hydroxyl groups is 1. The van der Waals surface area contributed by atoms with Crippen LogP contribution in [0.2, 0.25) is 0 Å². The second-order valence-corrected chi connectivity index (χ2v) is 8.28. The van der Waals surface area contributed by atoms with E-state index in [1.54, 1.807) is 31.4 Å². The van der Waals surface area contributed by atoms with Crippen LogP contribution in [0.15, 0.2) is 35.4 Å². The molecule has 3 aromatic heterocycles. The van der Waals surface area contributed by atoms with Crippen molar-refractivity contribution in [1.82, 2.24) is 24.5 Å². The average molecular weight is 441 g/mol. The highest BCUT2D eigenvalue weighted by Gasteiger charge is 2.32. The SMILES string of the molecule is CNc1cc(Nc2cccn(C3CC(F)C3)c2=O)nc2c(C(=O)N[C@@H]3CC[C@@H]3O)cnn12. The first-order valence-electron chi connectivity index (χ1n) is 10.6. The zero-order valence-electron chi connectivity index (χ0n) is 17.5.